The molecule has 1 saturated heterocycles. The van der Waals surface area contributed by atoms with E-state index in [1.807, 2.05) is 72.7 Å². The molecular formula is C28H37BN2O5. The number of ether oxygens (including phenoxy) is 1. The molecule has 0 amide bonds. The van der Waals surface area contributed by atoms with Gasteiger partial charge in [-0.25, -0.2) is 4.79 Å². The minimum atomic E-state index is -0.611. The zero-order chi connectivity index (χ0) is 26.1. The summed E-state index contributed by atoms with van der Waals surface area (Å²) in [6, 6.07) is 9.97. The van der Waals surface area contributed by atoms with Gasteiger partial charge in [-0.2, -0.15) is 9.78 Å². The quantitative estimate of drug-likeness (QED) is 0.545. The van der Waals surface area contributed by atoms with Crippen molar-refractivity contribution in [2.45, 2.75) is 109 Å². The minimum absolute atomic E-state index is 0.129. The van der Waals surface area contributed by atoms with Gasteiger partial charge in [-0.15, -0.1) is 0 Å². The summed E-state index contributed by atoms with van der Waals surface area (Å²) in [4.78, 5) is 26.4. The highest BCUT2D eigenvalue weighted by Gasteiger charge is 2.53. The topological polar surface area (TPSA) is 79.7 Å². The normalized spacial score (nSPS) is 21.9. The maximum atomic E-state index is 13.6. The van der Waals surface area contributed by atoms with E-state index in [0.717, 1.165) is 42.4 Å². The lowest BCUT2D eigenvalue weighted by Gasteiger charge is -2.32. The van der Waals surface area contributed by atoms with E-state index in [-0.39, 0.29) is 12.2 Å². The van der Waals surface area contributed by atoms with E-state index in [0.29, 0.717) is 11.6 Å². The number of hydrogen-bond donors (Lipinski definition) is 0. The van der Waals surface area contributed by atoms with E-state index in [2.05, 4.69) is 11.2 Å². The zero-order valence-electron chi connectivity index (χ0n) is 22.5. The lowest BCUT2D eigenvalue weighted by Crippen LogP contribution is -2.41. The molecule has 0 N–H and O–H groups in total. The molecule has 7 nitrogen and oxygen atoms in total. The molecule has 1 aliphatic heterocycles. The van der Waals surface area contributed by atoms with Gasteiger partial charge in [0.05, 0.1) is 34.4 Å². The number of carbonyl (C=O) groups excluding carboxylic acids is 2. The van der Waals surface area contributed by atoms with Gasteiger partial charge in [0.25, 0.3) is 0 Å². The van der Waals surface area contributed by atoms with Crippen LogP contribution in [0.15, 0.2) is 30.3 Å². The van der Waals surface area contributed by atoms with Crippen molar-refractivity contribution in [1.29, 1.82) is 0 Å². The third kappa shape index (κ3) is 4.65. The minimum Gasteiger partial charge on any atom is -0.442 e. The van der Waals surface area contributed by atoms with Gasteiger partial charge in [0.1, 0.15) is 11.4 Å². The molecule has 2 aliphatic carbocycles. The van der Waals surface area contributed by atoms with Crippen molar-refractivity contribution in [1.82, 2.24) is 9.78 Å². The summed E-state index contributed by atoms with van der Waals surface area (Å²) in [5, 5.41) is 4.52. The van der Waals surface area contributed by atoms with Crippen molar-refractivity contribution in [3.63, 3.8) is 0 Å². The second kappa shape index (κ2) is 8.28. The van der Waals surface area contributed by atoms with Gasteiger partial charge in [0.2, 0.25) is 0 Å². The second-order valence-corrected chi connectivity index (χ2v) is 12.6. The van der Waals surface area contributed by atoms with Crippen LogP contribution in [0, 0.1) is 0 Å². The molecule has 192 valence electrons. The molecule has 0 spiro atoms. The highest BCUT2D eigenvalue weighted by atomic mass is 16.7. The molecule has 2 saturated carbocycles. The first-order valence-corrected chi connectivity index (χ1v) is 13.0. The molecule has 0 radical (unpaired) electrons. The number of aromatic nitrogens is 2. The highest BCUT2D eigenvalue weighted by Crippen LogP contribution is 2.50. The maximum absolute atomic E-state index is 13.6. The van der Waals surface area contributed by atoms with E-state index in [1.54, 1.807) is 0 Å². The molecule has 5 rings (SSSR count). The van der Waals surface area contributed by atoms with Crippen molar-refractivity contribution < 1.29 is 23.6 Å². The molecule has 1 aromatic heterocycles. The van der Waals surface area contributed by atoms with Crippen LogP contribution in [0.1, 0.15) is 97.0 Å². The molecule has 3 aliphatic rings. The average molecular weight is 492 g/mol. The lowest BCUT2D eigenvalue weighted by molar-refractivity contribution is -0.120. The first kappa shape index (κ1) is 25.2. The molecule has 1 aromatic carbocycles. The first-order chi connectivity index (χ1) is 16.7. The van der Waals surface area contributed by atoms with Crippen LogP contribution < -0.4 is 5.46 Å². The fourth-order valence-electron chi connectivity index (χ4n) is 4.80. The van der Waals surface area contributed by atoms with E-state index in [4.69, 9.17) is 14.0 Å². The van der Waals surface area contributed by atoms with E-state index in [9.17, 15) is 9.59 Å². The number of hydrogen-bond acceptors (Lipinski definition) is 6. The maximum Gasteiger partial charge on any atom is 0.494 e. The smallest absolute Gasteiger partial charge is 0.442 e. The van der Waals surface area contributed by atoms with Crippen LogP contribution in [0.4, 0.5) is 4.79 Å². The largest absolute Gasteiger partial charge is 0.494 e. The Morgan fingerprint density at radius 2 is 1.72 bits per heavy atom. The van der Waals surface area contributed by atoms with Crippen LogP contribution in [0.2, 0.25) is 0 Å². The standard InChI is InChI=1S/C28H37BN2O5/c1-25(2,3)34-24(33)31-22(18-11-12-18)16-21(30-31)17-23(32)28(13-14-28)19-9-8-10-20(15-19)29-35-26(4,5)27(6,7)36-29/h8-10,15-16,18H,11-14,17H2,1-7H3. The number of benzene rings is 1. The monoisotopic (exact) mass is 492 g/mol. The van der Waals surface area contributed by atoms with Crippen molar-refractivity contribution in [2.75, 3.05) is 0 Å². The molecule has 2 heterocycles. The first-order valence-electron chi connectivity index (χ1n) is 13.0. The van der Waals surface area contributed by atoms with Gasteiger partial charge < -0.3 is 14.0 Å². The molecule has 0 unspecified atom stereocenters. The van der Waals surface area contributed by atoms with Gasteiger partial charge in [-0.3, -0.25) is 4.79 Å². The summed E-state index contributed by atoms with van der Waals surface area (Å²) in [6.45, 7) is 13.7. The Labute approximate surface area is 214 Å². The Hall–Kier alpha value is -2.45. The molecule has 0 atom stereocenters. The molecule has 2 aromatic rings. The average Bonchev–Trinajstić information content (AvgIpc) is 3.68. The fourth-order valence-corrected chi connectivity index (χ4v) is 4.80. The molecule has 3 fully saturated rings. The summed E-state index contributed by atoms with van der Waals surface area (Å²) >= 11 is 0. The number of rotatable bonds is 6. The van der Waals surface area contributed by atoms with Crippen molar-refractivity contribution in [2.24, 2.45) is 0 Å². The van der Waals surface area contributed by atoms with Crippen molar-refractivity contribution in [3.05, 3.63) is 47.3 Å². The highest BCUT2D eigenvalue weighted by molar-refractivity contribution is 6.62. The van der Waals surface area contributed by atoms with Gasteiger partial charge in [-0.05, 0) is 91.2 Å². The summed E-state index contributed by atoms with van der Waals surface area (Å²) < 4.78 is 19.4. The van der Waals surface area contributed by atoms with E-state index < -0.39 is 35.4 Å². The van der Waals surface area contributed by atoms with Crippen LogP contribution >= 0.6 is 0 Å². The van der Waals surface area contributed by atoms with Crippen molar-refractivity contribution in [3.8, 4) is 0 Å². The molecule has 0 bridgehead atoms. The van der Waals surface area contributed by atoms with Crippen LogP contribution in [-0.4, -0.2) is 45.6 Å². The number of nitrogens with zero attached hydrogens (tertiary/aromatic N) is 2. The molecular weight excluding hydrogens is 455 g/mol. The van der Waals surface area contributed by atoms with Gasteiger partial charge in [0.15, 0.2) is 0 Å². The predicted octanol–water partition coefficient (Wildman–Crippen LogP) is 4.69. The van der Waals surface area contributed by atoms with E-state index in [1.165, 1.54) is 4.68 Å². The lowest BCUT2D eigenvalue weighted by atomic mass is 9.76. The third-order valence-electron chi connectivity index (χ3n) is 7.94. The Kier molecular flexibility index (Phi) is 5.80. The fraction of sp³-hybridized carbons (Fsp3) is 0.607. The SMILES string of the molecule is CC(C)(C)OC(=O)n1nc(CC(=O)C2(c3cccc(B4OC(C)(C)C(C)(C)O4)c3)CC2)cc1C1CC1. The summed E-state index contributed by atoms with van der Waals surface area (Å²) in [7, 11) is -0.466. The van der Waals surface area contributed by atoms with Crippen molar-refractivity contribution >= 4 is 24.5 Å². The van der Waals surface area contributed by atoms with Gasteiger partial charge in [-0.1, -0.05) is 24.3 Å². The Bertz CT molecular complexity index is 1180. The Morgan fingerprint density at radius 1 is 1.08 bits per heavy atom. The number of ketones is 1. The van der Waals surface area contributed by atoms with Gasteiger partial charge >= 0.3 is 13.2 Å². The zero-order valence-corrected chi connectivity index (χ0v) is 22.5. The van der Waals surface area contributed by atoms with Crippen LogP contribution in [0.3, 0.4) is 0 Å². The predicted molar refractivity (Wildman–Crippen MR) is 138 cm³/mol. The second-order valence-electron chi connectivity index (χ2n) is 12.6. The Morgan fingerprint density at radius 3 is 2.28 bits per heavy atom. The number of Topliss-reactive ketones (excluding diaryl/α,β-unsaturated/α-hetero) is 1. The van der Waals surface area contributed by atoms with Crippen LogP contribution in [0.5, 0.6) is 0 Å². The summed E-state index contributed by atoms with van der Waals surface area (Å²) in [6.07, 6.45) is 3.37. The summed E-state index contributed by atoms with van der Waals surface area (Å²) in [5.74, 6) is 0.435. The molecule has 8 heteroatoms. The van der Waals surface area contributed by atoms with Crippen LogP contribution in [0.25, 0.3) is 0 Å². The van der Waals surface area contributed by atoms with Gasteiger partial charge in [0, 0.05) is 5.92 Å². The number of carbonyl (C=O) groups is 2. The third-order valence-corrected chi connectivity index (χ3v) is 7.94. The van der Waals surface area contributed by atoms with E-state index >= 15 is 0 Å². The van der Waals surface area contributed by atoms with Crippen LogP contribution in [-0.2, 0) is 30.7 Å². The Balaban J connectivity index is 1.35. The summed E-state index contributed by atoms with van der Waals surface area (Å²) in [5.41, 5.74) is 1.42. The molecule has 36 heavy (non-hydrogen) atoms.